The fourth-order valence-electron chi connectivity index (χ4n) is 3.54. The molecule has 1 aromatic heterocycles. The average Bonchev–Trinajstić information content (AvgIpc) is 3.34. The first-order chi connectivity index (χ1) is 15.3. The van der Waals surface area contributed by atoms with Gasteiger partial charge in [-0.2, -0.15) is 0 Å². The van der Waals surface area contributed by atoms with Gasteiger partial charge in [0.05, 0.1) is 18.4 Å². The standard InChI is InChI=1S/C25H23N3O4/c1-15-6-7-18(13-16(15)2)22-23(27-20-10-8-19(9-11-20)26-17(3)29)25(31)28(24(22)30)14-21-5-4-12-32-21/h4-13,27H,14H2,1-3H3,(H,26,29). The summed E-state index contributed by atoms with van der Waals surface area (Å²) in [6, 6.07) is 16.1. The number of carbonyl (C=O) groups is 3. The second kappa shape index (κ2) is 8.55. The third-order valence-corrected chi connectivity index (χ3v) is 5.33. The number of rotatable bonds is 6. The highest BCUT2D eigenvalue weighted by Gasteiger charge is 2.39. The smallest absolute Gasteiger partial charge is 0.278 e. The summed E-state index contributed by atoms with van der Waals surface area (Å²) in [6.45, 7) is 5.44. The largest absolute Gasteiger partial charge is 0.467 e. The highest BCUT2D eigenvalue weighted by molar-refractivity contribution is 6.36. The molecule has 0 bridgehead atoms. The Labute approximate surface area is 185 Å². The lowest BCUT2D eigenvalue weighted by molar-refractivity contribution is -0.137. The molecule has 3 amide bonds. The highest BCUT2D eigenvalue weighted by Crippen LogP contribution is 2.32. The van der Waals surface area contributed by atoms with Crippen LogP contribution in [0.25, 0.3) is 5.57 Å². The molecule has 2 heterocycles. The molecule has 0 saturated carbocycles. The fourth-order valence-corrected chi connectivity index (χ4v) is 3.54. The minimum absolute atomic E-state index is 0.0473. The maximum absolute atomic E-state index is 13.3. The topological polar surface area (TPSA) is 91.7 Å². The summed E-state index contributed by atoms with van der Waals surface area (Å²) in [5, 5.41) is 5.82. The van der Waals surface area contributed by atoms with Gasteiger partial charge in [0.1, 0.15) is 11.5 Å². The van der Waals surface area contributed by atoms with E-state index >= 15 is 0 Å². The lowest BCUT2D eigenvalue weighted by Gasteiger charge is -2.14. The van der Waals surface area contributed by atoms with Gasteiger partial charge in [0.15, 0.2) is 0 Å². The van der Waals surface area contributed by atoms with Crippen LogP contribution in [0.4, 0.5) is 11.4 Å². The Hall–Kier alpha value is -4.13. The average molecular weight is 429 g/mol. The first kappa shape index (κ1) is 21.1. The van der Waals surface area contributed by atoms with E-state index in [-0.39, 0.29) is 24.1 Å². The van der Waals surface area contributed by atoms with Crippen molar-refractivity contribution >= 4 is 34.7 Å². The van der Waals surface area contributed by atoms with E-state index in [0.717, 1.165) is 11.1 Å². The molecule has 2 aromatic carbocycles. The molecule has 4 rings (SSSR count). The van der Waals surface area contributed by atoms with E-state index < -0.39 is 5.91 Å². The van der Waals surface area contributed by atoms with E-state index in [2.05, 4.69) is 10.6 Å². The van der Waals surface area contributed by atoms with Gasteiger partial charge in [0.2, 0.25) is 5.91 Å². The van der Waals surface area contributed by atoms with Crippen molar-refractivity contribution in [1.82, 2.24) is 4.90 Å². The zero-order chi connectivity index (χ0) is 22.8. The molecular weight excluding hydrogens is 406 g/mol. The third-order valence-electron chi connectivity index (χ3n) is 5.33. The van der Waals surface area contributed by atoms with Crippen molar-refractivity contribution < 1.29 is 18.8 Å². The third kappa shape index (κ3) is 4.18. The molecule has 0 unspecified atom stereocenters. The van der Waals surface area contributed by atoms with Crippen molar-refractivity contribution in [3.63, 3.8) is 0 Å². The summed E-state index contributed by atoms with van der Waals surface area (Å²) < 4.78 is 5.35. The van der Waals surface area contributed by atoms with Crippen LogP contribution in [0, 0.1) is 13.8 Å². The summed E-state index contributed by atoms with van der Waals surface area (Å²) in [5.74, 6) is -0.458. The predicted molar refractivity (Wildman–Crippen MR) is 121 cm³/mol. The van der Waals surface area contributed by atoms with Crippen LogP contribution in [0.2, 0.25) is 0 Å². The van der Waals surface area contributed by atoms with Crippen molar-refractivity contribution in [3.8, 4) is 0 Å². The number of hydrogen-bond donors (Lipinski definition) is 2. The van der Waals surface area contributed by atoms with E-state index in [4.69, 9.17) is 4.42 Å². The molecule has 162 valence electrons. The number of benzene rings is 2. The van der Waals surface area contributed by atoms with Crippen LogP contribution in [0.15, 0.2) is 71.0 Å². The van der Waals surface area contributed by atoms with Gasteiger partial charge < -0.3 is 15.1 Å². The number of furan rings is 1. The van der Waals surface area contributed by atoms with Crippen molar-refractivity contribution in [1.29, 1.82) is 0 Å². The van der Waals surface area contributed by atoms with Gasteiger partial charge in [-0.3, -0.25) is 19.3 Å². The van der Waals surface area contributed by atoms with E-state index in [1.54, 1.807) is 36.4 Å². The van der Waals surface area contributed by atoms with Gasteiger partial charge >= 0.3 is 0 Å². The summed E-state index contributed by atoms with van der Waals surface area (Å²) in [6.07, 6.45) is 1.51. The molecule has 7 nitrogen and oxygen atoms in total. The second-order valence-corrected chi connectivity index (χ2v) is 7.71. The van der Waals surface area contributed by atoms with Crippen molar-refractivity contribution in [2.24, 2.45) is 0 Å². The molecule has 0 radical (unpaired) electrons. The molecule has 3 aromatic rings. The highest BCUT2D eigenvalue weighted by atomic mass is 16.3. The van der Waals surface area contributed by atoms with E-state index in [0.29, 0.717) is 28.3 Å². The Morgan fingerprint density at radius 2 is 1.66 bits per heavy atom. The first-order valence-electron chi connectivity index (χ1n) is 10.2. The number of anilines is 2. The SMILES string of the molecule is CC(=O)Nc1ccc(NC2=C(c3ccc(C)c(C)c3)C(=O)N(Cc3ccco3)C2=O)cc1. The van der Waals surface area contributed by atoms with Crippen LogP contribution in [0.1, 0.15) is 29.4 Å². The van der Waals surface area contributed by atoms with Crippen molar-refractivity contribution in [2.75, 3.05) is 10.6 Å². The fraction of sp³-hybridized carbons (Fsp3) is 0.160. The lowest BCUT2D eigenvalue weighted by atomic mass is 9.99. The summed E-state index contributed by atoms with van der Waals surface area (Å²) in [4.78, 5) is 39.0. The number of carbonyl (C=O) groups excluding carboxylic acids is 3. The monoisotopic (exact) mass is 429 g/mol. The number of aryl methyl sites for hydroxylation is 2. The van der Waals surface area contributed by atoms with Crippen LogP contribution in [-0.2, 0) is 20.9 Å². The Morgan fingerprint density at radius 3 is 2.28 bits per heavy atom. The number of nitrogens with one attached hydrogen (secondary N) is 2. The van der Waals surface area contributed by atoms with Crippen LogP contribution in [0.3, 0.4) is 0 Å². The van der Waals surface area contributed by atoms with E-state index in [9.17, 15) is 14.4 Å². The zero-order valence-electron chi connectivity index (χ0n) is 18.1. The minimum atomic E-state index is -0.425. The number of amides is 3. The molecule has 0 saturated heterocycles. The van der Waals surface area contributed by atoms with Gasteiger partial charge in [-0.05, 0) is 66.9 Å². The van der Waals surface area contributed by atoms with Crippen molar-refractivity contribution in [3.05, 3.63) is 89.0 Å². The lowest BCUT2D eigenvalue weighted by Crippen LogP contribution is -2.31. The quantitative estimate of drug-likeness (QED) is 0.572. The molecular formula is C25H23N3O4. The van der Waals surface area contributed by atoms with Gasteiger partial charge in [0, 0.05) is 18.3 Å². The normalized spacial score (nSPS) is 13.7. The number of nitrogens with zero attached hydrogens (tertiary/aromatic N) is 1. The minimum Gasteiger partial charge on any atom is -0.467 e. The molecule has 7 heteroatoms. The molecule has 32 heavy (non-hydrogen) atoms. The van der Waals surface area contributed by atoms with Gasteiger partial charge in [-0.1, -0.05) is 18.2 Å². The maximum atomic E-state index is 13.3. The predicted octanol–water partition coefficient (Wildman–Crippen LogP) is 4.25. The van der Waals surface area contributed by atoms with Crippen LogP contribution in [0.5, 0.6) is 0 Å². The van der Waals surface area contributed by atoms with Crippen LogP contribution in [-0.4, -0.2) is 22.6 Å². The molecule has 2 N–H and O–H groups in total. The molecule has 0 spiro atoms. The Morgan fingerprint density at radius 1 is 0.938 bits per heavy atom. The molecule has 1 aliphatic heterocycles. The summed E-state index contributed by atoms with van der Waals surface area (Å²) in [7, 11) is 0. The molecule has 0 aliphatic carbocycles. The Balaban J connectivity index is 1.71. The Kier molecular flexibility index (Phi) is 5.64. The van der Waals surface area contributed by atoms with Gasteiger partial charge in [-0.15, -0.1) is 0 Å². The zero-order valence-corrected chi connectivity index (χ0v) is 18.1. The molecule has 0 atom stereocenters. The number of imide groups is 1. The Bertz CT molecular complexity index is 1220. The van der Waals surface area contributed by atoms with E-state index in [1.807, 2.05) is 32.0 Å². The van der Waals surface area contributed by atoms with Gasteiger partial charge in [0.25, 0.3) is 11.8 Å². The van der Waals surface area contributed by atoms with Crippen molar-refractivity contribution in [2.45, 2.75) is 27.3 Å². The van der Waals surface area contributed by atoms with Crippen LogP contribution >= 0.6 is 0 Å². The summed E-state index contributed by atoms with van der Waals surface area (Å²) >= 11 is 0. The van der Waals surface area contributed by atoms with Crippen LogP contribution < -0.4 is 10.6 Å². The summed E-state index contributed by atoms with van der Waals surface area (Å²) in [5.41, 5.74) is 4.58. The molecule has 1 aliphatic rings. The van der Waals surface area contributed by atoms with E-state index in [1.165, 1.54) is 18.1 Å². The first-order valence-corrected chi connectivity index (χ1v) is 10.2. The number of hydrogen-bond acceptors (Lipinski definition) is 5. The molecule has 0 fully saturated rings. The maximum Gasteiger partial charge on any atom is 0.278 e. The van der Waals surface area contributed by atoms with Gasteiger partial charge in [-0.25, -0.2) is 0 Å². The second-order valence-electron chi connectivity index (χ2n) is 7.71.